The Hall–Kier alpha value is -3.73. The van der Waals surface area contributed by atoms with Crippen LogP contribution in [0.5, 0.6) is 0 Å². The molecule has 3 aliphatic carbocycles. The average Bonchev–Trinajstić information content (AvgIpc) is 3.54. The Morgan fingerprint density at radius 1 is 1.16 bits per heavy atom. The maximum Gasteiger partial charge on any atom is 0.355 e. The number of cyclic esters (lactones) is 1. The molecule has 2 heterocycles. The third-order valence-corrected chi connectivity index (χ3v) is 10.7. The number of H-pyrrole nitrogens is 1. The number of aliphatic hydroxyl groups is 3. The van der Waals surface area contributed by atoms with Crippen LogP contribution in [0.25, 0.3) is 0 Å². The molecule has 0 saturated heterocycles. The smallest absolute Gasteiger partial charge is 0.355 e. The Kier molecular flexibility index (Phi) is 8.26. The van der Waals surface area contributed by atoms with Gasteiger partial charge in [-0.05, 0) is 55.9 Å². The SMILES string of the molecule is C/C1=C\[C@@H](C)[C@@H]([C@@H](C)O)OC(=O)CC[C@H]2C=CC3C(C4[C@H]3[C@H](OC(=O)c3cc(NC(=O)c5ccccc5)c[nH]3)[C@H](C)[C@H]4O)[C@]12O. The van der Waals surface area contributed by atoms with E-state index in [9.17, 15) is 29.7 Å². The van der Waals surface area contributed by atoms with Crippen molar-refractivity contribution >= 4 is 23.5 Å². The number of hydrogen-bond acceptors (Lipinski definition) is 8. The number of carbonyl (C=O) groups is 3. The van der Waals surface area contributed by atoms with Crippen molar-refractivity contribution < 1.29 is 39.2 Å². The van der Waals surface area contributed by atoms with Crippen molar-refractivity contribution in [3.05, 3.63) is 77.7 Å². The zero-order chi connectivity index (χ0) is 32.2. The molecule has 0 spiro atoms. The van der Waals surface area contributed by atoms with E-state index in [1.165, 1.54) is 12.3 Å². The van der Waals surface area contributed by atoms with Gasteiger partial charge in [0.05, 0.1) is 23.5 Å². The van der Waals surface area contributed by atoms with E-state index in [0.717, 1.165) is 5.57 Å². The van der Waals surface area contributed by atoms with Gasteiger partial charge < -0.3 is 35.1 Å². The summed E-state index contributed by atoms with van der Waals surface area (Å²) in [5, 5.41) is 37.2. The van der Waals surface area contributed by atoms with Crippen LogP contribution in [0.15, 0.2) is 66.4 Å². The van der Waals surface area contributed by atoms with Crippen LogP contribution >= 0.6 is 0 Å². The number of carbonyl (C=O) groups excluding carboxylic acids is 3. The number of aromatic nitrogens is 1. The van der Waals surface area contributed by atoms with Crippen molar-refractivity contribution in [1.82, 2.24) is 4.98 Å². The summed E-state index contributed by atoms with van der Waals surface area (Å²) in [6.07, 6.45) is 4.85. The lowest BCUT2D eigenvalue weighted by atomic mass is 9.46. The van der Waals surface area contributed by atoms with E-state index < -0.39 is 42.0 Å². The molecule has 45 heavy (non-hydrogen) atoms. The molecule has 1 aromatic carbocycles. The quantitative estimate of drug-likeness (QED) is 0.250. The first-order valence-electron chi connectivity index (χ1n) is 15.8. The Morgan fingerprint density at radius 2 is 1.89 bits per heavy atom. The van der Waals surface area contributed by atoms with Gasteiger partial charge in [0, 0.05) is 47.8 Å². The molecular formula is C35H42N2O8. The molecule has 1 amide bonds. The largest absolute Gasteiger partial charge is 0.459 e. The standard InChI is InChI=1S/C35H42N2O8/c1-17-14-18(2)35(43)22(11-13-26(39)44-31(17)20(4)38)10-12-24-27-28(29(24)35)30(40)19(3)32(27)45-34(42)25-15-23(16-36-25)37-33(41)21-8-6-5-7-9-21/h5-10,12,14-17,19-20,22,24,27-32,36,38,40,43H,11,13H2,1-4H3,(H,37,41)/b18-14+/t17-,19-,20-,22-,24?,27+,28?,29?,30-,31+,32-,35+/m1/s1. The monoisotopic (exact) mass is 618 g/mol. The molecule has 4 aliphatic rings. The molecule has 1 aliphatic heterocycles. The number of aromatic amines is 1. The zero-order valence-corrected chi connectivity index (χ0v) is 25.9. The van der Waals surface area contributed by atoms with Gasteiger partial charge >= 0.3 is 11.9 Å². The van der Waals surface area contributed by atoms with Crippen LogP contribution in [0.1, 0.15) is 61.4 Å². The van der Waals surface area contributed by atoms with E-state index in [0.29, 0.717) is 17.7 Å². The van der Waals surface area contributed by atoms with Gasteiger partial charge in [0.25, 0.3) is 5.91 Å². The van der Waals surface area contributed by atoms with Gasteiger partial charge in [-0.2, -0.15) is 0 Å². The van der Waals surface area contributed by atoms with Crippen LogP contribution in [-0.2, 0) is 14.3 Å². The molecule has 10 nitrogen and oxygen atoms in total. The molecule has 12 atom stereocenters. The fourth-order valence-electron chi connectivity index (χ4n) is 8.48. The predicted molar refractivity (Wildman–Crippen MR) is 165 cm³/mol. The number of hydrogen-bond donors (Lipinski definition) is 5. The molecule has 240 valence electrons. The molecule has 6 rings (SSSR count). The van der Waals surface area contributed by atoms with Gasteiger partial charge in [-0.25, -0.2) is 4.79 Å². The molecule has 5 N–H and O–H groups in total. The zero-order valence-electron chi connectivity index (χ0n) is 25.9. The summed E-state index contributed by atoms with van der Waals surface area (Å²) in [5.74, 6) is -3.43. The van der Waals surface area contributed by atoms with Gasteiger partial charge in [-0.3, -0.25) is 9.59 Å². The molecule has 3 unspecified atom stereocenters. The Balaban J connectivity index is 1.22. The first kappa shape index (κ1) is 31.3. The summed E-state index contributed by atoms with van der Waals surface area (Å²) >= 11 is 0. The van der Waals surface area contributed by atoms with Crippen molar-refractivity contribution in [3.8, 4) is 0 Å². The topological polar surface area (TPSA) is 158 Å². The van der Waals surface area contributed by atoms with Crippen LogP contribution in [0, 0.1) is 41.4 Å². The number of ether oxygens (including phenoxy) is 2. The van der Waals surface area contributed by atoms with E-state index >= 15 is 0 Å². The number of nitrogens with one attached hydrogen (secondary N) is 2. The maximum atomic E-state index is 13.3. The average molecular weight is 619 g/mol. The van der Waals surface area contributed by atoms with Gasteiger partial charge in [-0.15, -0.1) is 0 Å². The number of amides is 1. The normalized spacial score (nSPS) is 39.1. The maximum absolute atomic E-state index is 13.3. The third kappa shape index (κ3) is 5.32. The van der Waals surface area contributed by atoms with Crippen molar-refractivity contribution in [2.24, 2.45) is 41.4 Å². The van der Waals surface area contributed by atoms with Gasteiger partial charge in [0.1, 0.15) is 17.9 Å². The fraction of sp³-hybridized carbons (Fsp3) is 0.514. The van der Waals surface area contributed by atoms with Crippen LogP contribution in [-0.4, -0.2) is 68.2 Å². The van der Waals surface area contributed by atoms with E-state index in [2.05, 4.69) is 16.4 Å². The highest BCUT2D eigenvalue weighted by atomic mass is 16.6. The second kappa shape index (κ2) is 11.9. The van der Waals surface area contributed by atoms with E-state index in [4.69, 9.17) is 9.47 Å². The molecular weight excluding hydrogens is 576 g/mol. The van der Waals surface area contributed by atoms with E-state index in [1.54, 1.807) is 31.2 Å². The molecule has 1 aromatic heterocycles. The first-order valence-corrected chi connectivity index (χ1v) is 15.8. The Labute approximate surface area is 262 Å². The predicted octanol–water partition coefficient (Wildman–Crippen LogP) is 3.87. The summed E-state index contributed by atoms with van der Waals surface area (Å²) in [5.41, 5.74) is 0.481. The number of esters is 2. The van der Waals surface area contributed by atoms with Gasteiger partial charge in [0.2, 0.25) is 0 Å². The van der Waals surface area contributed by atoms with Gasteiger partial charge in [-0.1, -0.05) is 50.3 Å². The molecule has 2 aromatic rings. The van der Waals surface area contributed by atoms with E-state index in [1.807, 2.05) is 39.0 Å². The molecule has 0 bridgehead atoms. The van der Waals surface area contributed by atoms with Crippen LogP contribution < -0.4 is 5.32 Å². The summed E-state index contributed by atoms with van der Waals surface area (Å²) in [6.45, 7) is 7.18. The molecule has 2 fully saturated rings. The highest BCUT2D eigenvalue weighted by Gasteiger charge is 2.70. The van der Waals surface area contributed by atoms with Crippen molar-refractivity contribution in [3.63, 3.8) is 0 Å². The lowest BCUT2D eigenvalue weighted by molar-refractivity contribution is -0.177. The number of fused-ring (bicyclic) bond motifs is 6. The van der Waals surface area contributed by atoms with Crippen molar-refractivity contribution in [1.29, 1.82) is 0 Å². The Morgan fingerprint density at radius 3 is 2.60 bits per heavy atom. The lowest BCUT2D eigenvalue weighted by Crippen LogP contribution is -2.64. The minimum Gasteiger partial charge on any atom is -0.459 e. The Bertz CT molecular complexity index is 1510. The van der Waals surface area contributed by atoms with Crippen molar-refractivity contribution in [2.45, 2.75) is 70.6 Å². The lowest BCUT2D eigenvalue weighted by Gasteiger charge is -2.61. The third-order valence-electron chi connectivity index (χ3n) is 10.7. The van der Waals surface area contributed by atoms with Crippen LogP contribution in [0.4, 0.5) is 5.69 Å². The highest BCUT2D eigenvalue weighted by molar-refractivity contribution is 6.04. The van der Waals surface area contributed by atoms with Gasteiger partial charge in [0.15, 0.2) is 0 Å². The van der Waals surface area contributed by atoms with Crippen LogP contribution in [0.2, 0.25) is 0 Å². The second-order valence-electron chi connectivity index (χ2n) is 13.4. The van der Waals surface area contributed by atoms with Crippen LogP contribution in [0.3, 0.4) is 0 Å². The number of allylic oxidation sites excluding steroid dienone is 1. The summed E-state index contributed by atoms with van der Waals surface area (Å²) < 4.78 is 11.7. The molecule has 2 saturated carbocycles. The number of benzene rings is 1. The fourth-order valence-corrected chi connectivity index (χ4v) is 8.48. The highest BCUT2D eigenvalue weighted by Crippen LogP contribution is 2.66. The van der Waals surface area contributed by atoms with Crippen molar-refractivity contribution in [2.75, 3.05) is 5.32 Å². The second-order valence-corrected chi connectivity index (χ2v) is 13.4. The summed E-state index contributed by atoms with van der Waals surface area (Å²) in [6, 6.07) is 10.3. The first-order chi connectivity index (χ1) is 21.4. The molecule has 0 radical (unpaired) electrons. The minimum atomic E-state index is -1.33. The van der Waals surface area contributed by atoms with E-state index in [-0.39, 0.29) is 59.4 Å². The number of anilines is 1. The minimum absolute atomic E-state index is 0.0924. The number of aliphatic hydroxyl groups excluding tert-OH is 2. The summed E-state index contributed by atoms with van der Waals surface area (Å²) in [7, 11) is 0. The summed E-state index contributed by atoms with van der Waals surface area (Å²) in [4.78, 5) is 41.4. The number of rotatable bonds is 5. The molecule has 10 heteroatoms.